The fourth-order valence-corrected chi connectivity index (χ4v) is 4.34. The van der Waals surface area contributed by atoms with Crippen LogP contribution in [0.5, 0.6) is 5.75 Å². The first-order valence-electron chi connectivity index (χ1n) is 9.29. The maximum absolute atomic E-state index is 14.4. The van der Waals surface area contributed by atoms with Gasteiger partial charge in [-0.25, -0.2) is 9.37 Å². The van der Waals surface area contributed by atoms with Gasteiger partial charge in [-0.15, -0.1) is 0 Å². The number of aliphatic hydroxyl groups excluding tert-OH is 2. The average molecular weight is 384 g/mol. The molecule has 4 atom stereocenters. The highest BCUT2D eigenvalue weighted by Gasteiger charge is 2.45. The van der Waals surface area contributed by atoms with E-state index < -0.39 is 30.2 Å². The summed E-state index contributed by atoms with van der Waals surface area (Å²) in [5.74, 6) is 0.198. The van der Waals surface area contributed by atoms with Crippen LogP contribution in [0.25, 0.3) is 11.0 Å². The molecule has 1 saturated carbocycles. The highest BCUT2D eigenvalue weighted by molar-refractivity contribution is 5.89. The number of nitrogens with one attached hydrogen (secondary N) is 1. The molecule has 0 bridgehead atoms. The van der Waals surface area contributed by atoms with Crippen molar-refractivity contribution in [1.29, 1.82) is 0 Å². The van der Waals surface area contributed by atoms with Gasteiger partial charge in [-0.2, -0.15) is 0 Å². The van der Waals surface area contributed by atoms with Crippen LogP contribution in [0.4, 0.5) is 10.1 Å². The molecule has 1 aliphatic carbocycles. The normalized spacial score (nSPS) is 26.7. The molecule has 1 aliphatic heterocycles. The SMILES string of the molecule is Nc1ccnc2c1c(F)cn2C1CC(Oc2cccc3c2CNC3)[C@@H](O)[C@H]1O. The van der Waals surface area contributed by atoms with Gasteiger partial charge in [0.1, 0.15) is 29.7 Å². The smallest absolute Gasteiger partial charge is 0.152 e. The van der Waals surface area contributed by atoms with Gasteiger partial charge in [-0.3, -0.25) is 0 Å². The summed E-state index contributed by atoms with van der Waals surface area (Å²) in [4.78, 5) is 4.22. The first-order valence-corrected chi connectivity index (χ1v) is 9.29. The Bertz CT molecular complexity index is 1050. The molecule has 7 nitrogen and oxygen atoms in total. The van der Waals surface area contributed by atoms with Gasteiger partial charge < -0.3 is 30.6 Å². The number of ether oxygens (including phenoxy) is 1. The number of benzene rings is 1. The van der Waals surface area contributed by atoms with E-state index in [1.807, 2.05) is 18.2 Å². The third-order valence-electron chi connectivity index (χ3n) is 5.78. The fourth-order valence-electron chi connectivity index (χ4n) is 4.34. The molecule has 0 radical (unpaired) electrons. The van der Waals surface area contributed by atoms with Crippen molar-refractivity contribution in [2.75, 3.05) is 5.73 Å². The van der Waals surface area contributed by atoms with Gasteiger partial charge in [0.25, 0.3) is 0 Å². The number of hydrogen-bond acceptors (Lipinski definition) is 6. The van der Waals surface area contributed by atoms with Gasteiger partial charge in [0, 0.05) is 43.2 Å². The number of nitrogens with zero attached hydrogens (tertiary/aromatic N) is 2. The van der Waals surface area contributed by atoms with Crippen molar-refractivity contribution >= 4 is 16.7 Å². The quantitative estimate of drug-likeness (QED) is 0.545. The Labute approximate surface area is 160 Å². The summed E-state index contributed by atoms with van der Waals surface area (Å²) in [7, 11) is 0. The van der Waals surface area contributed by atoms with Crippen molar-refractivity contribution in [1.82, 2.24) is 14.9 Å². The van der Waals surface area contributed by atoms with Gasteiger partial charge in [0.05, 0.1) is 11.4 Å². The minimum atomic E-state index is -1.11. The van der Waals surface area contributed by atoms with Crippen molar-refractivity contribution in [2.24, 2.45) is 0 Å². The zero-order chi connectivity index (χ0) is 19.4. The van der Waals surface area contributed by atoms with Crippen LogP contribution in [0.2, 0.25) is 0 Å². The number of nitrogen functional groups attached to an aromatic ring is 1. The number of fused-ring (bicyclic) bond motifs is 2. The van der Waals surface area contributed by atoms with Crippen molar-refractivity contribution in [3.63, 3.8) is 0 Å². The van der Waals surface area contributed by atoms with Crippen LogP contribution in [-0.2, 0) is 13.1 Å². The number of aliphatic hydroxyl groups is 2. The van der Waals surface area contributed by atoms with Crippen molar-refractivity contribution in [3.05, 3.63) is 53.6 Å². The topological polar surface area (TPSA) is 106 Å². The third-order valence-corrected chi connectivity index (χ3v) is 5.78. The molecular formula is C20H21FN4O3. The molecule has 2 aliphatic rings. The van der Waals surface area contributed by atoms with E-state index >= 15 is 0 Å². The number of aromatic nitrogens is 2. The number of pyridine rings is 1. The molecule has 5 rings (SSSR count). The predicted octanol–water partition coefficient (Wildman–Crippen LogP) is 1.47. The van der Waals surface area contributed by atoms with Gasteiger partial charge >= 0.3 is 0 Å². The minimum Gasteiger partial charge on any atom is -0.487 e. The Kier molecular flexibility index (Phi) is 4.01. The highest BCUT2D eigenvalue weighted by Crippen LogP contribution is 2.38. The van der Waals surface area contributed by atoms with E-state index in [2.05, 4.69) is 10.3 Å². The number of anilines is 1. The van der Waals surface area contributed by atoms with Crippen LogP contribution in [-0.4, -0.2) is 38.1 Å². The minimum absolute atomic E-state index is 0.223. The second-order valence-corrected chi connectivity index (χ2v) is 7.42. The third kappa shape index (κ3) is 2.56. The molecule has 0 spiro atoms. The zero-order valence-corrected chi connectivity index (χ0v) is 15.0. The van der Waals surface area contributed by atoms with Gasteiger partial charge in [-0.1, -0.05) is 12.1 Å². The first kappa shape index (κ1) is 17.4. The molecule has 5 N–H and O–H groups in total. The van der Waals surface area contributed by atoms with E-state index in [0.717, 1.165) is 12.1 Å². The first-order chi connectivity index (χ1) is 13.5. The Morgan fingerprint density at radius 3 is 2.93 bits per heavy atom. The van der Waals surface area contributed by atoms with Gasteiger partial charge in [-0.05, 0) is 17.7 Å². The van der Waals surface area contributed by atoms with Crippen molar-refractivity contribution in [2.45, 2.75) is 43.9 Å². The predicted molar refractivity (Wildman–Crippen MR) is 101 cm³/mol. The largest absolute Gasteiger partial charge is 0.487 e. The molecule has 1 aromatic carbocycles. The highest BCUT2D eigenvalue weighted by atomic mass is 19.1. The summed E-state index contributed by atoms with van der Waals surface area (Å²) in [6, 6.07) is 6.78. The lowest BCUT2D eigenvalue weighted by atomic mass is 10.1. The van der Waals surface area contributed by atoms with Crippen molar-refractivity contribution in [3.8, 4) is 5.75 Å². The van der Waals surface area contributed by atoms with Crippen LogP contribution in [0.15, 0.2) is 36.7 Å². The summed E-state index contributed by atoms with van der Waals surface area (Å²) in [6.07, 6.45) is 0.267. The zero-order valence-electron chi connectivity index (χ0n) is 15.0. The van der Waals surface area contributed by atoms with E-state index in [1.165, 1.54) is 24.0 Å². The summed E-state index contributed by atoms with van der Waals surface area (Å²) < 4.78 is 22.1. The van der Waals surface area contributed by atoms with E-state index in [0.29, 0.717) is 24.4 Å². The maximum atomic E-state index is 14.4. The van der Waals surface area contributed by atoms with Crippen LogP contribution in [0.1, 0.15) is 23.6 Å². The van der Waals surface area contributed by atoms with Crippen LogP contribution in [0.3, 0.4) is 0 Å². The maximum Gasteiger partial charge on any atom is 0.152 e. The molecule has 28 heavy (non-hydrogen) atoms. The number of rotatable bonds is 3. The number of nitrogens with two attached hydrogens (primary N) is 1. The molecule has 1 fully saturated rings. The lowest BCUT2D eigenvalue weighted by molar-refractivity contribution is -0.0166. The fraction of sp³-hybridized carbons (Fsp3) is 0.350. The monoisotopic (exact) mass is 384 g/mol. The summed E-state index contributed by atoms with van der Waals surface area (Å²) >= 11 is 0. The Balaban J connectivity index is 1.47. The Morgan fingerprint density at radius 1 is 1.21 bits per heavy atom. The van der Waals surface area contributed by atoms with Gasteiger partial charge in [0.15, 0.2) is 5.82 Å². The molecule has 2 aromatic heterocycles. The molecular weight excluding hydrogens is 363 g/mol. The van der Waals surface area contributed by atoms with E-state index in [-0.39, 0.29) is 11.1 Å². The molecule has 0 amide bonds. The molecule has 146 valence electrons. The number of hydrogen-bond donors (Lipinski definition) is 4. The summed E-state index contributed by atoms with van der Waals surface area (Å²) in [5, 5.41) is 24.7. The molecule has 0 saturated heterocycles. The Hall–Kier alpha value is -2.68. The lowest BCUT2D eigenvalue weighted by Gasteiger charge is -2.20. The number of halogens is 1. The Morgan fingerprint density at radius 2 is 2.07 bits per heavy atom. The van der Waals surface area contributed by atoms with E-state index in [4.69, 9.17) is 10.5 Å². The van der Waals surface area contributed by atoms with Crippen molar-refractivity contribution < 1.29 is 19.3 Å². The second-order valence-electron chi connectivity index (χ2n) is 7.42. The standard InChI is InChI=1S/C20H21FN4O3/c21-12-9-25(20-17(12)13(22)4-5-24-20)14-6-16(19(27)18(14)26)28-15-3-1-2-10-7-23-8-11(10)15/h1-5,9,14,16,18-19,23,26-27H,6-8H2,(H2,22,24)/t14?,16?,18-,19+/m0/s1. The molecule has 2 unspecified atom stereocenters. The van der Waals surface area contributed by atoms with Gasteiger partial charge in [0.2, 0.25) is 0 Å². The molecule has 3 heterocycles. The van der Waals surface area contributed by atoms with Crippen LogP contribution in [0, 0.1) is 5.82 Å². The average Bonchev–Trinajstić information content (AvgIpc) is 3.36. The van der Waals surface area contributed by atoms with E-state index in [1.54, 1.807) is 4.57 Å². The summed E-state index contributed by atoms with van der Waals surface area (Å²) in [5.41, 5.74) is 8.75. The molecule has 8 heteroatoms. The second kappa shape index (κ2) is 6.44. The van der Waals surface area contributed by atoms with Crippen LogP contribution < -0.4 is 15.8 Å². The summed E-state index contributed by atoms with van der Waals surface area (Å²) in [6.45, 7) is 1.49. The van der Waals surface area contributed by atoms with Crippen LogP contribution >= 0.6 is 0 Å². The lowest BCUT2D eigenvalue weighted by Crippen LogP contribution is -2.34. The van der Waals surface area contributed by atoms with E-state index in [9.17, 15) is 14.6 Å². The molecule has 3 aromatic rings.